The molecule has 2 atom stereocenters. The Morgan fingerprint density at radius 2 is 1.79 bits per heavy atom. The van der Waals surface area contributed by atoms with E-state index in [1.54, 1.807) is 0 Å². The summed E-state index contributed by atoms with van der Waals surface area (Å²) in [7, 11) is 0. The first kappa shape index (κ1) is 16.5. The molecule has 0 spiro atoms. The Balaban J connectivity index is 1.53. The highest BCUT2D eigenvalue weighted by Gasteiger charge is 2.14. The number of rotatable bonds is 7. The normalized spacial score (nSPS) is 13.8. The van der Waals surface area contributed by atoms with E-state index < -0.39 is 0 Å². The lowest BCUT2D eigenvalue weighted by molar-refractivity contribution is 0.365. The smallest absolute Gasteiger partial charge is 0.0659 e. The number of aryl methyl sites for hydroxylation is 1. The van der Waals surface area contributed by atoms with E-state index in [4.69, 9.17) is 0 Å². The Morgan fingerprint density at radius 3 is 2.50 bits per heavy atom. The van der Waals surface area contributed by atoms with E-state index in [0.29, 0.717) is 12.1 Å². The van der Waals surface area contributed by atoms with Crippen LogP contribution in [0.2, 0.25) is 0 Å². The summed E-state index contributed by atoms with van der Waals surface area (Å²) in [4.78, 5) is 0. The summed E-state index contributed by atoms with van der Waals surface area (Å²) in [6.45, 7) is 8.05. The lowest BCUT2D eigenvalue weighted by Crippen LogP contribution is -2.33. The molecule has 5 nitrogen and oxygen atoms in total. The molecule has 0 unspecified atom stereocenters. The minimum Gasteiger partial charge on any atom is -0.308 e. The average Bonchev–Trinajstić information content (AvgIpc) is 3.22. The molecule has 24 heavy (non-hydrogen) atoms. The van der Waals surface area contributed by atoms with Crippen molar-refractivity contribution in [2.45, 2.75) is 45.9 Å². The van der Waals surface area contributed by atoms with Gasteiger partial charge in [-0.05, 0) is 31.9 Å². The van der Waals surface area contributed by atoms with Crippen molar-refractivity contribution in [3.05, 3.63) is 71.8 Å². The summed E-state index contributed by atoms with van der Waals surface area (Å²) in [5, 5.41) is 12.4. The molecule has 0 fully saturated rings. The monoisotopic (exact) mass is 323 g/mol. The second-order valence-corrected chi connectivity index (χ2v) is 6.44. The van der Waals surface area contributed by atoms with Crippen molar-refractivity contribution < 1.29 is 0 Å². The maximum atomic E-state index is 4.45. The molecule has 0 saturated heterocycles. The zero-order valence-electron chi connectivity index (χ0n) is 14.6. The third kappa shape index (κ3) is 4.11. The van der Waals surface area contributed by atoms with Crippen LogP contribution >= 0.6 is 0 Å². The number of aromatic nitrogens is 4. The molecule has 0 aliphatic carbocycles. The SMILES string of the molecule is Cc1cnn([C@@H](C)[C@@H](C)NCc2cnn(Cc3ccccc3)c2)c1. The molecule has 5 heteroatoms. The Hall–Kier alpha value is -2.40. The van der Waals surface area contributed by atoms with E-state index in [1.807, 2.05) is 27.8 Å². The average molecular weight is 323 g/mol. The van der Waals surface area contributed by atoms with Crippen LogP contribution in [-0.2, 0) is 13.1 Å². The molecule has 3 aromatic rings. The van der Waals surface area contributed by atoms with Gasteiger partial charge in [-0.25, -0.2) is 0 Å². The first-order chi connectivity index (χ1) is 11.6. The number of benzene rings is 1. The summed E-state index contributed by atoms with van der Waals surface area (Å²) < 4.78 is 4.00. The fourth-order valence-corrected chi connectivity index (χ4v) is 2.69. The molecule has 0 amide bonds. The van der Waals surface area contributed by atoms with Crippen LogP contribution in [0.1, 0.15) is 36.6 Å². The molecule has 1 N–H and O–H groups in total. The number of nitrogens with one attached hydrogen (secondary N) is 1. The van der Waals surface area contributed by atoms with Gasteiger partial charge in [-0.1, -0.05) is 30.3 Å². The van der Waals surface area contributed by atoms with E-state index in [9.17, 15) is 0 Å². The third-order valence-corrected chi connectivity index (χ3v) is 4.37. The first-order valence-electron chi connectivity index (χ1n) is 8.41. The molecule has 0 bridgehead atoms. The molecule has 2 aromatic heterocycles. The van der Waals surface area contributed by atoms with Gasteiger partial charge in [0.05, 0.1) is 25.0 Å². The van der Waals surface area contributed by atoms with Crippen molar-refractivity contribution in [1.82, 2.24) is 24.9 Å². The van der Waals surface area contributed by atoms with Gasteiger partial charge in [0.1, 0.15) is 0 Å². The van der Waals surface area contributed by atoms with Crippen LogP contribution in [0, 0.1) is 6.92 Å². The quantitative estimate of drug-likeness (QED) is 0.726. The Labute approximate surface area is 143 Å². The number of nitrogens with zero attached hydrogens (tertiary/aromatic N) is 4. The van der Waals surface area contributed by atoms with Crippen molar-refractivity contribution in [2.75, 3.05) is 0 Å². The molecule has 1 aromatic carbocycles. The van der Waals surface area contributed by atoms with Gasteiger partial charge < -0.3 is 5.32 Å². The fraction of sp³-hybridized carbons (Fsp3) is 0.368. The van der Waals surface area contributed by atoms with Gasteiger partial charge in [-0.15, -0.1) is 0 Å². The lowest BCUT2D eigenvalue weighted by Gasteiger charge is -2.21. The standard InChI is InChI=1S/C19H25N5/c1-15-9-22-24(12-15)17(3)16(2)20-10-19-11-21-23(14-19)13-18-7-5-4-6-8-18/h4-9,11-12,14,16-17,20H,10,13H2,1-3H3/t16-,17+/m1/s1. The predicted molar refractivity (Wildman–Crippen MR) is 95.7 cm³/mol. The molecule has 2 heterocycles. The first-order valence-corrected chi connectivity index (χ1v) is 8.41. The van der Waals surface area contributed by atoms with Gasteiger partial charge in [0, 0.05) is 30.5 Å². The van der Waals surface area contributed by atoms with Gasteiger partial charge >= 0.3 is 0 Å². The van der Waals surface area contributed by atoms with Crippen LogP contribution in [0.3, 0.4) is 0 Å². The highest BCUT2D eigenvalue weighted by molar-refractivity contribution is 5.15. The molecule has 126 valence electrons. The Morgan fingerprint density at radius 1 is 1.00 bits per heavy atom. The molecular weight excluding hydrogens is 298 g/mol. The zero-order valence-corrected chi connectivity index (χ0v) is 14.6. The van der Waals surface area contributed by atoms with Crippen molar-refractivity contribution >= 4 is 0 Å². The van der Waals surface area contributed by atoms with Crippen LogP contribution in [-0.4, -0.2) is 25.6 Å². The van der Waals surface area contributed by atoms with Crippen molar-refractivity contribution in [3.63, 3.8) is 0 Å². The van der Waals surface area contributed by atoms with Crippen LogP contribution in [0.4, 0.5) is 0 Å². The van der Waals surface area contributed by atoms with Gasteiger partial charge in [-0.2, -0.15) is 10.2 Å². The van der Waals surface area contributed by atoms with Gasteiger partial charge in [-0.3, -0.25) is 9.36 Å². The molecule has 0 aliphatic heterocycles. The maximum Gasteiger partial charge on any atom is 0.0659 e. The molecular formula is C19H25N5. The van der Waals surface area contributed by atoms with Gasteiger partial charge in [0.25, 0.3) is 0 Å². The summed E-state index contributed by atoms with van der Waals surface area (Å²) in [6, 6.07) is 11.0. The second-order valence-electron chi connectivity index (χ2n) is 6.44. The Kier molecular flexibility index (Phi) is 5.11. The van der Waals surface area contributed by atoms with E-state index in [-0.39, 0.29) is 0 Å². The van der Waals surface area contributed by atoms with Gasteiger partial charge in [0.2, 0.25) is 0 Å². The Bertz CT molecular complexity index is 759. The highest BCUT2D eigenvalue weighted by Crippen LogP contribution is 2.12. The minimum absolute atomic E-state index is 0.304. The van der Waals surface area contributed by atoms with Crippen molar-refractivity contribution in [1.29, 1.82) is 0 Å². The summed E-state index contributed by atoms with van der Waals surface area (Å²) in [5.41, 5.74) is 3.65. The van der Waals surface area contributed by atoms with E-state index in [2.05, 4.69) is 72.9 Å². The summed E-state index contributed by atoms with van der Waals surface area (Å²) in [5.74, 6) is 0. The lowest BCUT2D eigenvalue weighted by atomic mass is 10.1. The summed E-state index contributed by atoms with van der Waals surface area (Å²) in [6.07, 6.45) is 8.03. The molecule has 3 rings (SSSR count). The second kappa shape index (κ2) is 7.45. The number of hydrogen-bond donors (Lipinski definition) is 1. The molecule has 0 aliphatic rings. The fourth-order valence-electron chi connectivity index (χ4n) is 2.69. The van der Waals surface area contributed by atoms with Crippen molar-refractivity contribution in [2.24, 2.45) is 0 Å². The summed E-state index contributed by atoms with van der Waals surface area (Å²) >= 11 is 0. The van der Waals surface area contributed by atoms with E-state index in [0.717, 1.165) is 13.1 Å². The maximum absolute atomic E-state index is 4.45. The predicted octanol–water partition coefficient (Wildman–Crippen LogP) is 3.18. The van der Waals surface area contributed by atoms with Crippen LogP contribution < -0.4 is 5.32 Å². The highest BCUT2D eigenvalue weighted by atomic mass is 15.3. The zero-order chi connectivity index (χ0) is 16.9. The van der Waals surface area contributed by atoms with E-state index in [1.165, 1.54) is 16.7 Å². The van der Waals surface area contributed by atoms with Crippen molar-refractivity contribution in [3.8, 4) is 0 Å². The number of hydrogen-bond acceptors (Lipinski definition) is 3. The molecule has 0 saturated carbocycles. The minimum atomic E-state index is 0.304. The van der Waals surface area contributed by atoms with Crippen LogP contribution in [0.15, 0.2) is 55.1 Å². The van der Waals surface area contributed by atoms with Crippen LogP contribution in [0.25, 0.3) is 0 Å². The largest absolute Gasteiger partial charge is 0.308 e. The van der Waals surface area contributed by atoms with Gasteiger partial charge in [0.15, 0.2) is 0 Å². The topological polar surface area (TPSA) is 47.7 Å². The van der Waals surface area contributed by atoms with E-state index >= 15 is 0 Å². The third-order valence-electron chi connectivity index (χ3n) is 4.37. The van der Waals surface area contributed by atoms with Crippen LogP contribution in [0.5, 0.6) is 0 Å². The molecule has 0 radical (unpaired) electrons.